The molecule has 1 heterocycles. The quantitative estimate of drug-likeness (QED) is 0.908. The molecule has 1 saturated heterocycles. The van der Waals surface area contributed by atoms with E-state index in [4.69, 9.17) is 4.74 Å². The van der Waals surface area contributed by atoms with Crippen LogP contribution >= 0.6 is 0 Å². The van der Waals surface area contributed by atoms with Crippen molar-refractivity contribution in [3.05, 3.63) is 30.1 Å². The maximum absolute atomic E-state index is 12.7. The van der Waals surface area contributed by atoms with Gasteiger partial charge in [-0.2, -0.15) is 0 Å². The highest BCUT2D eigenvalue weighted by Gasteiger charge is 2.31. The van der Waals surface area contributed by atoms with Crippen LogP contribution in [0.25, 0.3) is 0 Å². The minimum atomic E-state index is -3.60. The summed E-state index contributed by atoms with van der Waals surface area (Å²) in [5.41, 5.74) is -0.437. The van der Waals surface area contributed by atoms with Crippen molar-refractivity contribution in [3.63, 3.8) is 0 Å². The fourth-order valence-electron chi connectivity index (χ4n) is 1.92. The van der Waals surface area contributed by atoms with Crippen molar-refractivity contribution in [3.8, 4) is 0 Å². The van der Waals surface area contributed by atoms with Gasteiger partial charge in [-0.15, -0.1) is 0 Å². The summed E-state index contributed by atoms with van der Waals surface area (Å²) in [4.78, 5) is 0.0606. The van der Waals surface area contributed by atoms with Gasteiger partial charge in [-0.3, -0.25) is 0 Å². The molecule has 1 unspecified atom stereocenters. The largest absolute Gasteiger partial charge is 0.374 e. The van der Waals surface area contributed by atoms with E-state index in [1.807, 2.05) is 6.92 Å². The fraction of sp³-hybridized carbons (Fsp3) is 0.500. The average Bonchev–Trinajstić information content (AvgIpc) is 2.75. The van der Waals surface area contributed by atoms with E-state index in [1.165, 1.54) is 12.1 Å². The van der Waals surface area contributed by atoms with Crippen molar-refractivity contribution in [2.75, 3.05) is 13.2 Å². The van der Waals surface area contributed by atoms with Gasteiger partial charge in [0, 0.05) is 13.2 Å². The summed E-state index contributed by atoms with van der Waals surface area (Å²) in [6.45, 7) is 2.77. The lowest BCUT2D eigenvalue weighted by Gasteiger charge is -2.23. The van der Waals surface area contributed by atoms with Crippen LogP contribution in [0, 0.1) is 5.82 Å². The number of halogens is 1. The molecule has 1 N–H and O–H groups in total. The Morgan fingerprint density at radius 2 is 2.06 bits per heavy atom. The summed E-state index contributed by atoms with van der Waals surface area (Å²) in [6, 6.07) is 4.75. The van der Waals surface area contributed by atoms with Crippen LogP contribution in [0.2, 0.25) is 0 Å². The molecule has 1 aromatic carbocycles. The van der Waals surface area contributed by atoms with Crippen LogP contribution in [0.5, 0.6) is 0 Å². The average molecular weight is 273 g/mol. The summed E-state index contributed by atoms with van der Waals surface area (Å²) >= 11 is 0. The maximum Gasteiger partial charge on any atom is 0.240 e. The fourth-order valence-corrected chi connectivity index (χ4v) is 3.08. The number of hydrogen-bond acceptors (Lipinski definition) is 3. The Labute approximate surface area is 106 Å². The first kappa shape index (κ1) is 13.5. The third kappa shape index (κ3) is 3.07. The van der Waals surface area contributed by atoms with Gasteiger partial charge in [-0.05, 0) is 44.0 Å². The zero-order valence-electron chi connectivity index (χ0n) is 10.1. The highest BCUT2D eigenvalue weighted by atomic mass is 32.2. The molecule has 2 rings (SSSR count). The lowest BCUT2D eigenvalue weighted by atomic mass is 10.0. The third-order valence-corrected chi connectivity index (χ3v) is 4.48. The number of ether oxygens (including phenoxy) is 1. The molecule has 0 aromatic heterocycles. The monoisotopic (exact) mass is 273 g/mol. The zero-order chi connectivity index (χ0) is 13.2. The van der Waals surface area contributed by atoms with Gasteiger partial charge in [0.25, 0.3) is 0 Å². The lowest BCUT2D eigenvalue weighted by Crippen LogP contribution is -2.40. The Hall–Kier alpha value is -0.980. The van der Waals surface area contributed by atoms with Crippen LogP contribution in [0.1, 0.15) is 19.8 Å². The van der Waals surface area contributed by atoms with Crippen molar-refractivity contribution in [2.24, 2.45) is 0 Å². The van der Waals surface area contributed by atoms with Crippen LogP contribution in [0.15, 0.2) is 29.2 Å². The predicted octanol–water partition coefficient (Wildman–Crippen LogP) is 1.67. The Balaban J connectivity index is 2.05. The van der Waals surface area contributed by atoms with Gasteiger partial charge in [0.15, 0.2) is 0 Å². The minimum absolute atomic E-state index is 0.0606. The molecule has 0 bridgehead atoms. The maximum atomic E-state index is 12.7. The molecule has 0 amide bonds. The molecule has 0 spiro atoms. The van der Waals surface area contributed by atoms with E-state index in [2.05, 4.69) is 4.72 Å². The molecule has 1 aliphatic rings. The van der Waals surface area contributed by atoms with Gasteiger partial charge in [0.2, 0.25) is 10.0 Å². The molecule has 0 aliphatic carbocycles. The van der Waals surface area contributed by atoms with Crippen LogP contribution < -0.4 is 4.72 Å². The number of benzene rings is 1. The molecule has 1 aliphatic heterocycles. The molecule has 6 heteroatoms. The second-order valence-electron chi connectivity index (χ2n) is 4.68. The van der Waals surface area contributed by atoms with Crippen LogP contribution in [-0.2, 0) is 14.8 Å². The normalized spacial score (nSPS) is 24.3. The Kier molecular flexibility index (Phi) is 3.70. The zero-order valence-corrected chi connectivity index (χ0v) is 11.0. The van der Waals surface area contributed by atoms with Gasteiger partial charge in [0.1, 0.15) is 5.82 Å². The van der Waals surface area contributed by atoms with Gasteiger partial charge in [-0.25, -0.2) is 17.5 Å². The molecule has 1 fully saturated rings. The number of hydrogen-bond donors (Lipinski definition) is 1. The van der Waals surface area contributed by atoms with Crippen LogP contribution in [-0.4, -0.2) is 27.2 Å². The highest BCUT2D eigenvalue weighted by molar-refractivity contribution is 7.89. The first-order valence-electron chi connectivity index (χ1n) is 5.81. The van der Waals surface area contributed by atoms with Gasteiger partial charge in [-0.1, -0.05) is 0 Å². The van der Waals surface area contributed by atoms with E-state index in [9.17, 15) is 12.8 Å². The molecule has 1 aromatic rings. The van der Waals surface area contributed by atoms with Crippen molar-refractivity contribution < 1.29 is 17.5 Å². The minimum Gasteiger partial charge on any atom is -0.374 e. The second kappa shape index (κ2) is 4.95. The van der Waals surface area contributed by atoms with Crippen molar-refractivity contribution in [1.82, 2.24) is 4.72 Å². The van der Waals surface area contributed by atoms with E-state index in [1.54, 1.807) is 0 Å². The van der Waals surface area contributed by atoms with Crippen molar-refractivity contribution in [2.45, 2.75) is 30.3 Å². The molecule has 4 nitrogen and oxygen atoms in total. The van der Waals surface area contributed by atoms with Gasteiger partial charge in [0.05, 0.1) is 10.5 Å². The molecule has 0 radical (unpaired) electrons. The van der Waals surface area contributed by atoms with Gasteiger partial charge >= 0.3 is 0 Å². The van der Waals surface area contributed by atoms with Crippen molar-refractivity contribution in [1.29, 1.82) is 0 Å². The van der Waals surface area contributed by atoms with E-state index in [0.717, 1.165) is 25.0 Å². The molecular weight excluding hydrogens is 257 g/mol. The number of nitrogens with one attached hydrogen (secondary N) is 1. The first-order valence-corrected chi connectivity index (χ1v) is 7.29. The Morgan fingerprint density at radius 1 is 1.39 bits per heavy atom. The van der Waals surface area contributed by atoms with E-state index in [-0.39, 0.29) is 11.4 Å². The lowest BCUT2D eigenvalue weighted by molar-refractivity contribution is 0.0250. The highest BCUT2D eigenvalue weighted by Crippen LogP contribution is 2.24. The van der Waals surface area contributed by atoms with Crippen LogP contribution in [0.4, 0.5) is 4.39 Å². The SMILES string of the molecule is CC1(CNS(=O)(=O)c2ccc(F)cc2)CCCO1. The molecule has 18 heavy (non-hydrogen) atoms. The number of rotatable bonds is 4. The van der Waals surface area contributed by atoms with E-state index < -0.39 is 21.4 Å². The topological polar surface area (TPSA) is 55.4 Å². The molecule has 1 atom stereocenters. The Bertz CT molecular complexity index is 507. The standard InChI is InChI=1S/C12H16FNO3S/c1-12(7-2-8-17-12)9-14-18(15,16)11-5-3-10(13)4-6-11/h3-6,14H,2,7-9H2,1H3. The van der Waals surface area contributed by atoms with Crippen molar-refractivity contribution >= 4 is 10.0 Å². The van der Waals surface area contributed by atoms with Gasteiger partial charge < -0.3 is 4.74 Å². The summed E-state index contributed by atoms with van der Waals surface area (Å²) < 4.78 is 44.6. The smallest absolute Gasteiger partial charge is 0.240 e. The van der Waals surface area contributed by atoms with Crippen LogP contribution in [0.3, 0.4) is 0 Å². The van der Waals surface area contributed by atoms with E-state index in [0.29, 0.717) is 6.61 Å². The molecular formula is C12H16FNO3S. The Morgan fingerprint density at radius 3 is 2.61 bits per heavy atom. The summed E-state index contributed by atoms with van der Waals surface area (Å²) in [5, 5.41) is 0. The second-order valence-corrected chi connectivity index (χ2v) is 6.45. The molecule has 0 saturated carbocycles. The predicted molar refractivity (Wildman–Crippen MR) is 65.2 cm³/mol. The van der Waals surface area contributed by atoms with E-state index >= 15 is 0 Å². The third-order valence-electron chi connectivity index (χ3n) is 3.06. The first-order chi connectivity index (χ1) is 8.41. The summed E-state index contributed by atoms with van der Waals surface area (Å²) in [7, 11) is -3.60. The summed E-state index contributed by atoms with van der Waals surface area (Å²) in [5.74, 6) is -0.458. The number of sulfonamides is 1. The molecule has 100 valence electrons. The summed E-state index contributed by atoms with van der Waals surface area (Å²) in [6.07, 6.45) is 1.77.